The summed E-state index contributed by atoms with van der Waals surface area (Å²) in [5.74, 6) is 3.88. The number of nitrogens with two attached hydrogens (primary N) is 1. The predicted octanol–water partition coefficient (Wildman–Crippen LogP) is 0.149. The van der Waals surface area contributed by atoms with Crippen molar-refractivity contribution in [3.8, 4) is 11.8 Å². The fourth-order valence-electron chi connectivity index (χ4n) is 2.30. The Balaban J connectivity index is 2.29. The average Bonchev–Trinajstić information content (AvgIpc) is 2.68. The lowest BCUT2D eigenvalue weighted by molar-refractivity contribution is -0.128. The van der Waals surface area contributed by atoms with E-state index in [1.54, 1.807) is 6.92 Å². The number of nitrogens with one attached hydrogen (secondary N) is 1. The molecule has 0 saturated carbocycles. The average molecular weight is 242 g/mol. The summed E-state index contributed by atoms with van der Waals surface area (Å²) in [6.07, 6.45) is 0.852. The van der Waals surface area contributed by atoms with Crippen LogP contribution in [0.3, 0.4) is 0 Å². The summed E-state index contributed by atoms with van der Waals surface area (Å²) in [6.45, 7) is 1.57. The van der Waals surface area contributed by atoms with Gasteiger partial charge in [0.05, 0.1) is 0 Å². The van der Waals surface area contributed by atoms with Crippen molar-refractivity contribution in [3.63, 3.8) is 0 Å². The van der Waals surface area contributed by atoms with Crippen molar-refractivity contribution in [2.75, 3.05) is 0 Å². The molecule has 0 aromatic heterocycles. The molecule has 2 amide bonds. The van der Waals surface area contributed by atoms with Crippen molar-refractivity contribution in [1.82, 2.24) is 5.32 Å². The zero-order valence-corrected chi connectivity index (χ0v) is 10.1. The molecule has 3 N–H and O–H groups in total. The molecule has 1 aromatic carbocycles. The quantitative estimate of drug-likeness (QED) is 0.724. The van der Waals surface area contributed by atoms with Crippen molar-refractivity contribution in [3.05, 3.63) is 35.4 Å². The van der Waals surface area contributed by atoms with Crippen molar-refractivity contribution < 1.29 is 9.59 Å². The van der Waals surface area contributed by atoms with Crippen LogP contribution in [0.4, 0.5) is 0 Å². The lowest BCUT2D eigenvalue weighted by Crippen LogP contribution is -2.58. The molecule has 1 aromatic rings. The highest BCUT2D eigenvalue weighted by Crippen LogP contribution is 2.29. The summed E-state index contributed by atoms with van der Waals surface area (Å²) >= 11 is 0. The third-order valence-corrected chi connectivity index (χ3v) is 3.17. The monoisotopic (exact) mass is 242 g/mol. The molecule has 0 atom stereocenters. The molecule has 0 fully saturated rings. The van der Waals surface area contributed by atoms with Gasteiger partial charge in [-0.25, -0.2) is 0 Å². The number of hydrogen-bond donors (Lipinski definition) is 2. The molecule has 0 heterocycles. The maximum atomic E-state index is 11.7. The molecule has 0 saturated heterocycles. The second kappa shape index (κ2) is 4.53. The minimum Gasteiger partial charge on any atom is -0.368 e. The Morgan fingerprint density at radius 3 is 2.28 bits per heavy atom. The molecule has 2 rings (SSSR count). The fraction of sp³-hybridized carbons (Fsp3) is 0.286. The molecular formula is C14H14N2O2. The first kappa shape index (κ1) is 12.2. The third-order valence-electron chi connectivity index (χ3n) is 3.17. The van der Waals surface area contributed by atoms with E-state index in [2.05, 4.69) is 17.2 Å². The summed E-state index contributed by atoms with van der Waals surface area (Å²) in [5.41, 5.74) is 6.50. The summed E-state index contributed by atoms with van der Waals surface area (Å²) in [6, 6.07) is 7.70. The van der Waals surface area contributed by atoms with E-state index in [4.69, 9.17) is 5.73 Å². The van der Waals surface area contributed by atoms with Crippen LogP contribution in [0, 0.1) is 11.8 Å². The van der Waals surface area contributed by atoms with E-state index < -0.39 is 17.4 Å². The van der Waals surface area contributed by atoms with Gasteiger partial charge in [-0.2, -0.15) is 0 Å². The van der Waals surface area contributed by atoms with Gasteiger partial charge in [0.1, 0.15) is 5.54 Å². The van der Waals surface area contributed by atoms with Crippen molar-refractivity contribution in [1.29, 1.82) is 0 Å². The minimum absolute atomic E-state index is 0.426. The van der Waals surface area contributed by atoms with Gasteiger partial charge in [0, 0.05) is 12.8 Å². The highest BCUT2D eigenvalue weighted by molar-refractivity contribution is 5.99. The van der Waals surface area contributed by atoms with Crippen LogP contribution in [0.1, 0.15) is 18.1 Å². The number of carbonyl (C=O) groups excluding carboxylic acids is 2. The smallest absolute Gasteiger partial charge is 0.296 e. The van der Waals surface area contributed by atoms with E-state index in [9.17, 15) is 9.59 Å². The Bertz CT molecular complexity index is 542. The van der Waals surface area contributed by atoms with E-state index in [0.29, 0.717) is 12.8 Å². The normalized spacial score (nSPS) is 15.2. The van der Waals surface area contributed by atoms with E-state index in [1.807, 2.05) is 24.3 Å². The lowest BCUT2D eigenvalue weighted by Gasteiger charge is -2.25. The molecule has 0 unspecified atom stereocenters. The second-order valence-electron chi connectivity index (χ2n) is 4.40. The van der Waals surface area contributed by atoms with E-state index in [1.165, 1.54) is 0 Å². The van der Waals surface area contributed by atoms with Gasteiger partial charge in [0.25, 0.3) is 5.91 Å². The van der Waals surface area contributed by atoms with E-state index in [-0.39, 0.29) is 0 Å². The van der Waals surface area contributed by atoms with E-state index in [0.717, 1.165) is 11.1 Å². The van der Waals surface area contributed by atoms with Gasteiger partial charge in [0.2, 0.25) is 5.91 Å². The van der Waals surface area contributed by atoms with Crippen LogP contribution < -0.4 is 11.1 Å². The van der Waals surface area contributed by atoms with Gasteiger partial charge >= 0.3 is 0 Å². The van der Waals surface area contributed by atoms with E-state index >= 15 is 0 Å². The summed E-state index contributed by atoms with van der Waals surface area (Å²) in [7, 11) is 0. The molecule has 4 nitrogen and oxygen atoms in total. The Kier molecular flexibility index (Phi) is 3.07. The molecular weight excluding hydrogens is 228 g/mol. The summed E-state index contributed by atoms with van der Waals surface area (Å²) in [5, 5.41) is 2.65. The highest BCUT2D eigenvalue weighted by Gasteiger charge is 2.43. The first-order chi connectivity index (χ1) is 8.57. The van der Waals surface area contributed by atoms with Crippen LogP contribution in [0.2, 0.25) is 0 Å². The first-order valence-corrected chi connectivity index (χ1v) is 5.69. The number of fused-ring (bicyclic) bond motifs is 1. The maximum absolute atomic E-state index is 11.7. The predicted molar refractivity (Wildman–Crippen MR) is 67.4 cm³/mol. The number of benzene rings is 1. The van der Waals surface area contributed by atoms with Gasteiger partial charge in [-0.3, -0.25) is 9.59 Å². The molecule has 0 bridgehead atoms. The van der Waals surface area contributed by atoms with Gasteiger partial charge in [-0.1, -0.05) is 30.2 Å². The van der Waals surface area contributed by atoms with Crippen molar-refractivity contribution in [2.24, 2.45) is 5.73 Å². The molecule has 1 aliphatic carbocycles. The second-order valence-corrected chi connectivity index (χ2v) is 4.40. The van der Waals surface area contributed by atoms with Crippen LogP contribution in [0.15, 0.2) is 24.3 Å². The van der Waals surface area contributed by atoms with Crippen molar-refractivity contribution in [2.45, 2.75) is 25.3 Å². The fourth-order valence-corrected chi connectivity index (χ4v) is 2.30. The Hall–Kier alpha value is -2.28. The topological polar surface area (TPSA) is 72.2 Å². The number of rotatable bonds is 2. The Labute approximate surface area is 106 Å². The molecule has 0 spiro atoms. The lowest BCUT2D eigenvalue weighted by atomic mass is 9.94. The largest absolute Gasteiger partial charge is 0.368 e. The van der Waals surface area contributed by atoms with Gasteiger partial charge < -0.3 is 11.1 Å². The molecule has 18 heavy (non-hydrogen) atoms. The number of amides is 2. The first-order valence-electron chi connectivity index (χ1n) is 5.69. The third kappa shape index (κ3) is 2.07. The summed E-state index contributed by atoms with van der Waals surface area (Å²) in [4.78, 5) is 23.3. The number of primary amides is 1. The standard InChI is InChI=1S/C14H14N2O2/c1-2-5-12(17)16-14(13(15)18)8-10-6-3-4-7-11(10)9-14/h3-4,6-7H,8-9H2,1H3,(H2,15,18)(H,16,17). The Morgan fingerprint density at radius 1 is 1.28 bits per heavy atom. The molecule has 0 aliphatic heterocycles. The number of hydrogen-bond acceptors (Lipinski definition) is 2. The Morgan fingerprint density at radius 2 is 1.83 bits per heavy atom. The van der Waals surface area contributed by atoms with Crippen LogP contribution in [-0.2, 0) is 22.4 Å². The van der Waals surface area contributed by atoms with Gasteiger partial charge in [-0.05, 0) is 24.0 Å². The van der Waals surface area contributed by atoms with Gasteiger partial charge in [0.15, 0.2) is 0 Å². The minimum atomic E-state index is -1.04. The SMILES string of the molecule is CC#CC(=O)NC1(C(N)=O)Cc2ccccc2C1. The number of carbonyl (C=O) groups is 2. The molecule has 1 aliphatic rings. The summed E-state index contributed by atoms with van der Waals surface area (Å²) < 4.78 is 0. The maximum Gasteiger partial charge on any atom is 0.296 e. The van der Waals surface area contributed by atoms with Crippen LogP contribution >= 0.6 is 0 Å². The molecule has 92 valence electrons. The van der Waals surface area contributed by atoms with Gasteiger partial charge in [-0.15, -0.1) is 0 Å². The highest BCUT2D eigenvalue weighted by atomic mass is 16.2. The molecule has 4 heteroatoms. The van der Waals surface area contributed by atoms with Crippen molar-refractivity contribution >= 4 is 11.8 Å². The zero-order valence-electron chi connectivity index (χ0n) is 10.1. The van der Waals surface area contributed by atoms with Crippen LogP contribution in [0.25, 0.3) is 0 Å². The van der Waals surface area contributed by atoms with Crippen LogP contribution in [-0.4, -0.2) is 17.4 Å². The van der Waals surface area contributed by atoms with Crippen LogP contribution in [0.5, 0.6) is 0 Å². The molecule has 0 radical (unpaired) electrons. The zero-order chi connectivity index (χ0) is 13.2.